The lowest BCUT2D eigenvalue weighted by atomic mass is 10.1. The number of rotatable bonds is 6. The standard InChI is InChI=1S/C15H22O2/c1-4-13-9-10-15(17-3)14(11-13)8-6-5-7-12(2)16/h6,8-12,16H,4-5,7H2,1-3H3/b8-6+/t12-/m1/s1. The molecule has 2 nitrogen and oxygen atoms in total. The maximum Gasteiger partial charge on any atom is 0.126 e. The van der Waals surface area contributed by atoms with Crippen molar-refractivity contribution in [2.24, 2.45) is 0 Å². The van der Waals surface area contributed by atoms with E-state index in [4.69, 9.17) is 4.74 Å². The Hall–Kier alpha value is -1.28. The van der Waals surface area contributed by atoms with Gasteiger partial charge in [0.2, 0.25) is 0 Å². The summed E-state index contributed by atoms with van der Waals surface area (Å²) in [5.74, 6) is 0.899. The molecule has 0 heterocycles. The summed E-state index contributed by atoms with van der Waals surface area (Å²) in [6, 6.07) is 6.25. The van der Waals surface area contributed by atoms with E-state index in [9.17, 15) is 5.11 Å². The highest BCUT2D eigenvalue weighted by molar-refractivity contribution is 5.58. The minimum Gasteiger partial charge on any atom is -0.496 e. The fourth-order valence-corrected chi connectivity index (χ4v) is 1.68. The molecule has 1 atom stereocenters. The number of hydrogen-bond acceptors (Lipinski definition) is 2. The van der Waals surface area contributed by atoms with Crippen LogP contribution in [-0.2, 0) is 6.42 Å². The average molecular weight is 234 g/mol. The van der Waals surface area contributed by atoms with E-state index in [2.05, 4.69) is 31.2 Å². The van der Waals surface area contributed by atoms with E-state index in [-0.39, 0.29) is 6.10 Å². The molecule has 17 heavy (non-hydrogen) atoms. The lowest BCUT2D eigenvalue weighted by Crippen LogP contribution is -1.96. The van der Waals surface area contributed by atoms with E-state index in [1.165, 1.54) is 5.56 Å². The van der Waals surface area contributed by atoms with Crippen molar-refractivity contribution in [1.29, 1.82) is 0 Å². The Kier molecular flexibility index (Phi) is 5.78. The summed E-state index contributed by atoms with van der Waals surface area (Å²) < 4.78 is 5.32. The zero-order valence-electron chi connectivity index (χ0n) is 10.9. The van der Waals surface area contributed by atoms with Gasteiger partial charge in [-0.1, -0.05) is 25.1 Å². The second kappa shape index (κ2) is 7.13. The van der Waals surface area contributed by atoms with Crippen molar-refractivity contribution in [2.45, 2.75) is 39.2 Å². The third-order valence-electron chi connectivity index (χ3n) is 2.75. The van der Waals surface area contributed by atoms with Crippen LogP contribution in [0.15, 0.2) is 24.3 Å². The van der Waals surface area contributed by atoms with E-state index in [1.54, 1.807) is 7.11 Å². The topological polar surface area (TPSA) is 29.5 Å². The number of methoxy groups -OCH3 is 1. The van der Waals surface area contributed by atoms with Crippen LogP contribution in [0.5, 0.6) is 5.75 Å². The van der Waals surface area contributed by atoms with Crippen LogP contribution in [0.2, 0.25) is 0 Å². The van der Waals surface area contributed by atoms with Gasteiger partial charge in [-0.15, -0.1) is 0 Å². The second-order valence-corrected chi connectivity index (χ2v) is 4.26. The highest BCUT2D eigenvalue weighted by Gasteiger charge is 2.00. The number of benzene rings is 1. The van der Waals surface area contributed by atoms with Gasteiger partial charge in [0.1, 0.15) is 5.75 Å². The van der Waals surface area contributed by atoms with Crippen LogP contribution < -0.4 is 4.74 Å². The third kappa shape index (κ3) is 4.61. The summed E-state index contributed by atoms with van der Waals surface area (Å²) >= 11 is 0. The molecule has 0 aliphatic carbocycles. The molecule has 0 spiro atoms. The Labute approximate surface area is 104 Å². The first-order chi connectivity index (χ1) is 8.17. The Balaban J connectivity index is 2.73. The molecule has 1 aromatic carbocycles. The summed E-state index contributed by atoms with van der Waals surface area (Å²) in [7, 11) is 1.69. The molecular formula is C15H22O2. The highest BCUT2D eigenvalue weighted by Crippen LogP contribution is 2.22. The van der Waals surface area contributed by atoms with Gasteiger partial charge in [-0.05, 0) is 43.9 Å². The lowest BCUT2D eigenvalue weighted by molar-refractivity contribution is 0.186. The number of aliphatic hydroxyl groups is 1. The van der Waals surface area contributed by atoms with Crippen LogP contribution in [0.1, 0.15) is 37.8 Å². The Morgan fingerprint density at radius 2 is 2.18 bits per heavy atom. The average Bonchev–Trinajstić information content (AvgIpc) is 2.34. The zero-order chi connectivity index (χ0) is 12.7. The van der Waals surface area contributed by atoms with Gasteiger partial charge in [-0.2, -0.15) is 0 Å². The van der Waals surface area contributed by atoms with Crippen LogP contribution in [-0.4, -0.2) is 18.3 Å². The maximum absolute atomic E-state index is 9.17. The summed E-state index contributed by atoms with van der Waals surface area (Å²) in [4.78, 5) is 0. The molecule has 0 fully saturated rings. The molecule has 1 rings (SSSR count). The number of ether oxygens (including phenoxy) is 1. The Morgan fingerprint density at radius 1 is 1.41 bits per heavy atom. The van der Waals surface area contributed by atoms with E-state index >= 15 is 0 Å². The Morgan fingerprint density at radius 3 is 2.76 bits per heavy atom. The molecular weight excluding hydrogens is 212 g/mol. The second-order valence-electron chi connectivity index (χ2n) is 4.26. The predicted octanol–water partition coefficient (Wildman–Crippen LogP) is 3.43. The summed E-state index contributed by atoms with van der Waals surface area (Å²) in [5.41, 5.74) is 2.42. The molecule has 0 radical (unpaired) electrons. The summed E-state index contributed by atoms with van der Waals surface area (Å²) in [6.07, 6.45) is 6.63. The first kappa shape index (κ1) is 13.8. The smallest absolute Gasteiger partial charge is 0.126 e. The maximum atomic E-state index is 9.17. The normalized spacial score (nSPS) is 12.9. The van der Waals surface area contributed by atoms with Crippen molar-refractivity contribution < 1.29 is 9.84 Å². The quantitative estimate of drug-likeness (QED) is 0.817. The number of hydrogen-bond donors (Lipinski definition) is 1. The molecule has 0 saturated carbocycles. The molecule has 0 aliphatic rings. The van der Waals surface area contributed by atoms with Crippen molar-refractivity contribution in [3.63, 3.8) is 0 Å². The number of allylic oxidation sites excluding steroid dienone is 1. The van der Waals surface area contributed by atoms with Crippen molar-refractivity contribution >= 4 is 6.08 Å². The van der Waals surface area contributed by atoms with Crippen LogP contribution in [0.3, 0.4) is 0 Å². The van der Waals surface area contributed by atoms with Crippen LogP contribution >= 0.6 is 0 Å². The summed E-state index contributed by atoms with van der Waals surface area (Å²) in [6.45, 7) is 3.95. The molecule has 0 bridgehead atoms. The first-order valence-corrected chi connectivity index (χ1v) is 6.19. The fourth-order valence-electron chi connectivity index (χ4n) is 1.68. The SMILES string of the molecule is CCc1ccc(OC)c(/C=C/CC[C@@H](C)O)c1. The molecule has 0 aromatic heterocycles. The van der Waals surface area contributed by atoms with E-state index in [0.717, 1.165) is 30.6 Å². The van der Waals surface area contributed by atoms with Gasteiger partial charge in [0.05, 0.1) is 13.2 Å². The minimum atomic E-state index is -0.233. The third-order valence-corrected chi connectivity index (χ3v) is 2.75. The van der Waals surface area contributed by atoms with Crippen LogP contribution in [0.25, 0.3) is 6.08 Å². The van der Waals surface area contributed by atoms with Crippen LogP contribution in [0, 0.1) is 0 Å². The van der Waals surface area contributed by atoms with Gasteiger partial charge < -0.3 is 9.84 Å². The lowest BCUT2D eigenvalue weighted by Gasteiger charge is -2.07. The molecule has 1 N–H and O–H groups in total. The number of aryl methyl sites for hydroxylation is 1. The molecule has 0 amide bonds. The fraction of sp³-hybridized carbons (Fsp3) is 0.467. The van der Waals surface area contributed by atoms with E-state index in [1.807, 2.05) is 13.0 Å². The molecule has 1 aromatic rings. The molecule has 0 saturated heterocycles. The molecule has 0 aliphatic heterocycles. The van der Waals surface area contributed by atoms with E-state index in [0.29, 0.717) is 0 Å². The van der Waals surface area contributed by atoms with Crippen molar-refractivity contribution in [2.75, 3.05) is 7.11 Å². The van der Waals surface area contributed by atoms with Gasteiger partial charge in [0.25, 0.3) is 0 Å². The zero-order valence-corrected chi connectivity index (χ0v) is 10.9. The van der Waals surface area contributed by atoms with Gasteiger partial charge in [0.15, 0.2) is 0 Å². The first-order valence-electron chi connectivity index (χ1n) is 6.19. The Bertz CT molecular complexity index is 367. The summed E-state index contributed by atoms with van der Waals surface area (Å²) in [5, 5.41) is 9.17. The minimum absolute atomic E-state index is 0.233. The monoisotopic (exact) mass is 234 g/mol. The van der Waals surface area contributed by atoms with Gasteiger partial charge in [0, 0.05) is 5.56 Å². The highest BCUT2D eigenvalue weighted by atomic mass is 16.5. The predicted molar refractivity (Wildman–Crippen MR) is 72.3 cm³/mol. The van der Waals surface area contributed by atoms with Crippen molar-refractivity contribution in [3.05, 3.63) is 35.4 Å². The molecule has 94 valence electrons. The number of aliphatic hydroxyl groups excluding tert-OH is 1. The van der Waals surface area contributed by atoms with Crippen molar-refractivity contribution in [3.8, 4) is 5.75 Å². The van der Waals surface area contributed by atoms with Crippen LogP contribution in [0.4, 0.5) is 0 Å². The van der Waals surface area contributed by atoms with Gasteiger partial charge >= 0.3 is 0 Å². The molecule has 2 heteroatoms. The largest absolute Gasteiger partial charge is 0.496 e. The molecule has 0 unspecified atom stereocenters. The van der Waals surface area contributed by atoms with Gasteiger partial charge in [-0.3, -0.25) is 0 Å². The van der Waals surface area contributed by atoms with Crippen molar-refractivity contribution in [1.82, 2.24) is 0 Å². The van der Waals surface area contributed by atoms with E-state index < -0.39 is 0 Å². The van der Waals surface area contributed by atoms with Gasteiger partial charge in [-0.25, -0.2) is 0 Å².